The van der Waals surface area contributed by atoms with Gasteiger partial charge >= 0.3 is 0 Å². The van der Waals surface area contributed by atoms with Crippen molar-refractivity contribution in [2.24, 2.45) is 5.92 Å². The van der Waals surface area contributed by atoms with Crippen molar-refractivity contribution < 1.29 is 8.78 Å². The third kappa shape index (κ3) is 4.73. The fraction of sp³-hybridized carbons (Fsp3) is 0.600. The van der Waals surface area contributed by atoms with Crippen LogP contribution in [0.2, 0.25) is 0 Å². The fourth-order valence-corrected chi connectivity index (χ4v) is 2.38. The van der Waals surface area contributed by atoms with Crippen LogP contribution in [0.1, 0.15) is 39.2 Å². The van der Waals surface area contributed by atoms with Crippen molar-refractivity contribution in [3.05, 3.63) is 35.4 Å². The molecule has 0 aliphatic heterocycles. The van der Waals surface area contributed by atoms with Crippen LogP contribution in [0.5, 0.6) is 0 Å². The summed E-state index contributed by atoms with van der Waals surface area (Å²) in [5.74, 6) is -0.493. The Hall–Kier alpha value is -0.960. The quantitative estimate of drug-likeness (QED) is 0.778. The highest BCUT2D eigenvalue weighted by Gasteiger charge is 2.16. The molecule has 0 heterocycles. The van der Waals surface area contributed by atoms with Gasteiger partial charge < -0.3 is 5.32 Å². The van der Waals surface area contributed by atoms with Gasteiger partial charge in [-0.2, -0.15) is 0 Å². The summed E-state index contributed by atoms with van der Waals surface area (Å²) in [5, 5.41) is 3.41. The minimum Gasteiger partial charge on any atom is -0.314 e. The van der Waals surface area contributed by atoms with Crippen LogP contribution in [0.25, 0.3) is 0 Å². The summed E-state index contributed by atoms with van der Waals surface area (Å²) in [5.41, 5.74) is 0.724. The molecular weight excluding hydrogens is 232 g/mol. The number of hydrogen-bond donors (Lipinski definition) is 1. The zero-order valence-electron chi connectivity index (χ0n) is 11.5. The number of halogens is 2. The van der Waals surface area contributed by atoms with Gasteiger partial charge in [0.1, 0.15) is 11.6 Å². The van der Waals surface area contributed by atoms with Crippen molar-refractivity contribution in [1.29, 1.82) is 0 Å². The molecule has 3 heteroatoms. The molecule has 2 atom stereocenters. The molecule has 1 rings (SSSR count). The van der Waals surface area contributed by atoms with Gasteiger partial charge in [0.25, 0.3) is 0 Å². The van der Waals surface area contributed by atoms with Crippen LogP contribution >= 0.6 is 0 Å². The molecule has 18 heavy (non-hydrogen) atoms. The summed E-state index contributed by atoms with van der Waals surface area (Å²) >= 11 is 0. The largest absolute Gasteiger partial charge is 0.314 e. The maximum absolute atomic E-state index is 13.2. The lowest BCUT2D eigenvalue weighted by Gasteiger charge is -2.24. The Morgan fingerprint density at radius 1 is 1.11 bits per heavy atom. The van der Waals surface area contributed by atoms with Crippen LogP contribution in [0, 0.1) is 17.6 Å². The van der Waals surface area contributed by atoms with E-state index in [1.54, 1.807) is 0 Å². The number of likely N-dealkylation sites (N-methyl/N-ethyl adjacent to an activating group) is 1. The predicted octanol–water partition coefficient (Wildman–Crippen LogP) is 3.92. The van der Waals surface area contributed by atoms with Crippen molar-refractivity contribution >= 4 is 0 Å². The van der Waals surface area contributed by atoms with Crippen LogP contribution < -0.4 is 5.32 Å². The lowest BCUT2D eigenvalue weighted by atomic mass is 9.91. The minimum atomic E-state index is -0.497. The van der Waals surface area contributed by atoms with Crippen LogP contribution in [0.4, 0.5) is 8.78 Å². The smallest absolute Gasteiger partial charge is 0.126 e. The first-order chi connectivity index (χ1) is 8.56. The Labute approximate surface area is 109 Å². The van der Waals surface area contributed by atoms with Gasteiger partial charge in [-0.25, -0.2) is 8.78 Å². The van der Waals surface area contributed by atoms with E-state index in [1.807, 2.05) is 0 Å². The van der Waals surface area contributed by atoms with Gasteiger partial charge in [0, 0.05) is 12.1 Å². The number of rotatable bonds is 7. The van der Waals surface area contributed by atoms with E-state index in [2.05, 4.69) is 26.1 Å². The van der Waals surface area contributed by atoms with Crippen molar-refractivity contribution in [1.82, 2.24) is 5.32 Å². The van der Waals surface area contributed by atoms with Crippen molar-refractivity contribution in [3.63, 3.8) is 0 Å². The second-order valence-electron chi connectivity index (χ2n) is 4.91. The van der Waals surface area contributed by atoms with Crippen LogP contribution in [-0.2, 0) is 6.42 Å². The highest BCUT2D eigenvalue weighted by molar-refractivity contribution is 5.19. The van der Waals surface area contributed by atoms with Gasteiger partial charge in [-0.15, -0.1) is 0 Å². The molecule has 0 saturated carbocycles. The fourth-order valence-electron chi connectivity index (χ4n) is 2.38. The molecule has 0 saturated heterocycles. The highest BCUT2D eigenvalue weighted by Crippen LogP contribution is 2.17. The molecule has 0 aromatic heterocycles. The molecular formula is C15H23F2N. The van der Waals surface area contributed by atoms with E-state index in [-0.39, 0.29) is 6.04 Å². The second-order valence-corrected chi connectivity index (χ2v) is 4.91. The zero-order valence-corrected chi connectivity index (χ0v) is 11.5. The summed E-state index contributed by atoms with van der Waals surface area (Å²) in [7, 11) is 0. The molecule has 0 fully saturated rings. The maximum atomic E-state index is 13.2. The van der Waals surface area contributed by atoms with Gasteiger partial charge in [0.15, 0.2) is 0 Å². The van der Waals surface area contributed by atoms with Crippen molar-refractivity contribution in [2.75, 3.05) is 6.54 Å². The standard InChI is InChI=1S/C15H23F2N/c1-4-6-11(3)15(18-5-2)9-12-7-13(16)10-14(17)8-12/h7-8,10-11,15,18H,4-6,9H2,1-3H3. The van der Waals surface area contributed by atoms with E-state index < -0.39 is 11.6 Å². The molecule has 2 unspecified atom stereocenters. The summed E-state index contributed by atoms with van der Waals surface area (Å²) in [4.78, 5) is 0. The molecule has 0 amide bonds. The Morgan fingerprint density at radius 2 is 1.72 bits per heavy atom. The van der Waals surface area contributed by atoms with Gasteiger partial charge in [0.05, 0.1) is 0 Å². The maximum Gasteiger partial charge on any atom is 0.126 e. The van der Waals surface area contributed by atoms with Crippen LogP contribution in [0.3, 0.4) is 0 Å². The summed E-state index contributed by atoms with van der Waals surface area (Å²) in [6.45, 7) is 7.27. The van der Waals surface area contributed by atoms with Gasteiger partial charge in [-0.1, -0.05) is 27.2 Å². The SMILES string of the molecule is CCCC(C)C(Cc1cc(F)cc(F)c1)NCC. The first-order valence-electron chi connectivity index (χ1n) is 6.75. The molecule has 0 bridgehead atoms. The highest BCUT2D eigenvalue weighted by atomic mass is 19.1. The van der Waals surface area contributed by atoms with E-state index in [9.17, 15) is 8.78 Å². The molecule has 0 spiro atoms. The Balaban J connectivity index is 2.75. The minimum absolute atomic E-state index is 0.274. The number of benzene rings is 1. The molecule has 1 nitrogen and oxygen atoms in total. The van der Waals surface area contributed by atoms with Gasteiger partial charge in [0.2, 0.25) is 0 Å². The summed E-state index contributed by atoms with van der Waals surface area (Å²) in [6, 6.07) is 4.04. The average molecular weight is 255 g/mol. The van der Waals surface area contributed by atoms with E-state index in [4.69, 9.17) is 0 Å². The first kappa shape index (κ1) is 15.1. The Kier molecular flexibility index (Phi) is 6.27. The van der Waals surface area contributed by atoms with Crippen LogP contribution in [-0.4, -0.2) is 12.6 Å². The molecule has 0 radical (unpaired) electrons. The lowest BCUT2D eigenvalue weighted by molar-refractivity contribution is 0.357. The Morgan fingerprint density at radius 3 is 2.22 bits per heavy atom. The van der Waals surface area contributed by atoms with Crippen LogP contribution in [0.15, 0.2) is 18.2 Å². The normalized spacial score (nSPS) is 14.5. The predicted molar refractivity (Wildman–Crippen MR) is 71.6 cm³/mol. The number of nitrogens with one attached hydrogen (secondary N) is 1. The topological polar surface area (TPSA) is 12.0 Å². The van der Waals surface area contributed by atoms with E-state index >= 15 is 0 Å². The molecule has 1 aromatic carbocycles. The molecule has 0 aliphatic rings. The summed E-state index contributed by atoms with van der Waals surface area (Å²) in [6.07, 6.45) is 2.92. The zero-order chi connectivity index (χ0) is 13.5. The monoisotopic (exact) mass is 255 g/mol. The van der Waals surface area contributed by atoms with E-state index in [0.29, 0.717) is 12.3 Å². The number of hydrogen-bond acceptors (Lipinski definition) is 1. The Bertz CT molecular complexity index is 345. The lowest BCUT2D eigenvalue weighted by Crippen LogP contribution is -2.36. The van der Waals surface area contributed by atoms with Gasteiger partial charge in [-0.3, -0.25) is 0 Å². The molecule has 1 N–H and O–H groups in total. The third-order valence-corrected chi connectivity index (χ3v) is 3.28. The first-order valence-corrected chi connectivity index (χ1v) is 6.75. The molecule has 1 aromatic rings. The van der Waals surface area contributed by atoms with Crippen molar-refractivity contribution in [3.8, 4) is 0 Å². The average Bonchev–Trinajstić information content (AvgIpc) is 2.27. The summed E-state index contributed by atoms with van der Waals surface area (Å²) < 4.78 is 26.3. The second kappa shape index (κ2) is 7.47. The van der Waals surface area contributed by atoms with E-state index in [0.717, 1.165) is 31.0 Å². The van der Waals surface area contributed by atoms with E-state index in [1.165, 1.54) is 12.1 Å². The van der Waals surface area contributed by atoms with Crippen molar-refractivity contribution in [2.45, 2.75) is 46.1 Å². The third-order valence-electron chi connectivity index (χ3n) is 3.28. The van der Waals surface area contributed by atoms with Gasteiger partial charge in [-0.05, 0) is 43.0 Å². The molecule has 102 valence electrons. The molecule has 0 aliphatic carbocycles.